The molecule has 0 aliphatic heterocycles. The van der Waals surface area contributed by atoms with Crippen molar-refractivity contribution in [1.29, 1.82) is 0 Å². The highest BCUT2D eigenvalue weighted by Gasteiger charge is 2.34. The Kier molecular flexibility index (Phi) is 3.35. The first-order chi connectivity index (χ1) is 13.7. The van der Waals surface area contributed by atoms with Crippen LogP contribution in [0.3, 0.4) is 0 Å². The molecule has 0 bridgehead atoms. The van der Waals surface area contributed by atoms with Crippen molar-refractivity contribution in [1.82, 2.24) is 0 Å². The molecule has 0 nitrogen and oxygen atoms in total. The quantitative estimate of drug-likeness (QED) is 0.309. The predicted octanol–water partition coefficient (Wildman–Crippen LogP) is 7.29. The fraction of sp³-hybridized carbons (Fsp3) is 0.214. The van der Waals surface area contributed by atoms with Gasteiger partial charge in [0.1, 0.15) is 0 Å². The molecule has 2 aliphatic rings. The molecule has 136 valence electrons. The van der Waals surface area contributed by atoms with Gasteiger partial charge in [-0.3, -0.25) is 0 Å². The molecule has 28 heavy (non-hydrogen) atoms. The zero-order valence-corrected chi connectivity index (χ0v) is 16.5. The van der Waals surface area contributed by atoms with E-state index in [1.165, 1.54) is 43.8 Å². The van der Waals surface area contributed by atoms with Gasteiger partial charge in [0.15, 0.2) is 0 Å². The molecular formula is C28H24. The third-order valence-electron chi connectivity index (χ3n) is 6.90. The van der Waals surface area contributed by atoms with Crippen LogP contribution in [0.1, 0.15) is 36.1 Å². The highest BCUT2D eigenvalue weighted by Crippen LogP contribution is 2.51. The van der Waals surface area contributed by atoms with Crippen molar-refractivity contribution < 1.29 is 0 Å². The second-order valence-corrected chi connectivity index (χ2v) is 8.68. The average Bonchev–Trinajstić information content (AvgIpc) is 3.23. The Morgan fingerprint density at radius 3 is 1.43 bits per heavy atom. The van der Waals surface area contributed by atoms with E-state index in [0.29, 0.717) is 11.8 Å². The number of benzene rings is 4. The van der Waals surface area contributed by atoms with E-state index in [0.717, 1.165) is 12.8 Å². The molecule has 0 spiro atoms. The molecule has 2 aliphatic carbocycles. The van der Waals surface area contributed by atoms with Crippen LogP contribution in [0.25, 0.3) is 32.7 Å². The first kappa shape index (κ1) is 16.1. The van der Waals surface area contributed by atoms with Gasteiger partial charge < -0.3 is 0 Å². The molecule has 0 heterocycles. The van der Waals surface area contributed by atoms with E-state index in [1.807, 2.05) is 0 Å². The smallest absolute Gasteiger partial charge is 0.0106 e. The molecule has 0 amide bonds. The Morgan fingerprint density at radius 1 is 0.536 bits per heavy atom. The van der Waals surface area contributed by atoms with E-state index < -0.39 is 0 Å². The van der Waals surface area contributed by atoms with Crippen molar-refractivity contribution in [3.63, 3.8) is 0 Å². The normalized spacial score (nSPS) is 23.4. The topological polar surface area (TPSA) is 0 Å². The third-order valence-corrected chi connectivity index (χ3v) is 6.90. The monoisotopic (exact) mass is 360 g/mol. The molecule has 0 heteroatoms. The van der Waals surface area contributed by atoms with Crippen LogP contribution in [0.4, 0.5) is 0 Å². The van der Waals surface area contributed by atoms with E-state index in [2.05, 4.69) is 86.6 Å². The third kappa shape index (κ3) is 2.12. The molecule has 0 fully saturated rings. The summed E-state index contributed by atoms with van der Waals surface area (Å²) in [4.78, 5) is 0. The van der Waals surface area contributed by atoms with Gasteiger partial charge in [-0.2, -0.15) is 0 Å². The maximum atomic E-state index is 2.42. The van der Waals surface area contributed by atoms with E-state index in [-0.39, 0.29) is 0 Å². The zero-order valence-electron chi connectivity index (χ0n) is 16.5. The minimum absolute atomic E-state index is 0.572. The second-order valence-electron chi connectivity index (χ2n) is 8.68. The van der Waals surface area contributed by atoms with Crippen molar-refractivity contribution in [2.45, 2.75) is 26.7 Å². The summed E-state index contributed by atoms with van der Waals surface area (Å²) in [6.45, 7) is 4.85. The van der Waals surface area contributed by atoms with E-state index in [9.17, 15) is 0 Å². The van der Waals surface area contributed by atoms with Gasteiger partial charge in [-0.25, -0.2) is 0 Å². The fourth-order valence-corrected chi connectivity index (χ4v) is 5.77. The Balaban J connectivity index is 1.75. The molecule has 0 N–H and O–H groups in total. The maximum Gasteiger partial charge on any atom is -0.0106 e. The molecule has 0 radical (unpaired) electrons. The molecule has 0 aromatic heterocycles. The Bertz CT molecular complexity index is 1190. The van der Waals surface area contributed by atoms with Gasteiger partial charge in [-0.15, -0.1) is 0 Å². The van der Waals surface area contributed by atoms with Gasteiger partial charge in [-0.05, 0) is 79.6 Å². The molecule has 0 saturated carbocycles. The van der Waals surface area contributed by atoms with Gasteiger partial charge in [0.05, 0.1) is 0 Å². The first-order valence-electron chi connectivity index (χ1n) is 10.5. The molecular weight excluding hydrogens is 336 g/mol. The lowest BCUT2D eigenvalue weighted by Crippen LogP contribution is -2.00. The van der Waals surface area contributed by atoms with Crippen molar-refractivity contribution in [3.05, 3.63) is 95.1 Å². The Morgan fingerprint density at radius 2 is 0.964 bits per heavy atom. The van der Waals surface area contributed by atoms with Gasteiger partial charge in [0.2, 0.25) is 0 Å². The highest BCUT2D eigenvalue weighted by atomic mass is 14.4. The lowest BCUT2D eigenvalue weighted by molar-refractivity contribution is 0.754. The van der Waals surface area contributed by atoms with E-state index in [1.54, 1.807) is 11.1 Å². The minimum Gasteiger partial charge on any atom is -0.0616 e. The zero-order chi connectivity index (χ0) is 18.8. The molecule has 0 unspecified atom stereocenters. The summed E-state index contributed by atoms with van der Waals surface area (Å²) in [5.41, 5.74) is 9.30. The summed E-state index contributed by atoms with van der Waals surface area (Å²) < 4.78 is 0. The summed E-state index contributed by atoms with van der Waals surface area (Å²) in [6.07, 6.45) is 2.32. The Hall–Kier alpha value is -2.86. The van der Waals surface area contributed by atoms with Gasteiger partial charge in [0.25, 0.3) is 0 Å². The second kappa shape index (κ2) is 5.82. The van der Waals surface area contributed by atoms with Gasteiger partial charge in [0, 0.05) is 0 Å². The van der Waals surface area contributed by atoms with Gasteiger partial charge >= 0.3 is 0 Å². The van der Waals surface area contributed by atoms with Crippen molar-refractivity contribution >= 4 is 32.7 Å². The number of allylic oxidation sites excluding steroid dienone is 2. The number of hydrogen-bond acceptors (Lipinski definition) is 0. The molecule has 4 aromatic carbocycles. The van der Waals surface area contributed by atoms with Crippen LogP contribution in [0, 0.1) is 11.8 Å². The molecule has 2 atom stereocenters. The maximum absolute atomic E-state index is 2.42. The molecule has 0 saturated heterocycles. The summed E-state index contributed by atoms with van der Waals surface area (Å²) in [7, 11) is 0. The van der Waals surface area contributed by atoms with Crippen LogP contribution in [0.15, 0.2) is 72.8 Å². The van der Waals surface area contributed by atoms with Crippen LogP contribution < -0.4 is 0 Å². The van der Waals surface area contributed by atoms with Crippen molar-refractivity contribution in [2.24, 2.45) is 11.8 Å². The summed E-state index contributed by atoms with van der Waals surface area (Å²) >= 11 is 0. The Labute approximate surface area is 166 Å². The lowest BCUT2D eigenvalue weighted by Gasteiger charge is -2.18. The van der Waals surface area contributed by atoms with Crippen LogP contribution in [-0.4, -0.2) is 0 Å². The standard InChI is InChI=1S/C28H24/c1-17-15-21-13-11-19-7-3-5-9-23(19)27(21)25(17)26-18(2)16-22-14-12-20-8-4-6-10-24(20)28(22)26/h3-14,17-18H,15-16H2,1-2H3/b26-25+/t17-,18-/m0/s1. The van der Waals surface area contributed by atoms with Crippen molar-refractivity contribution in [2.75, 3.05) is 0 Å². The summed E-state index contributed by atoms with van der Waals surface area (Å²) in [6, 6.07) is 27.2. The number of hydrogen-bond donors (Lipinski definition) is 0. The van der Waals surface area contributed by atoms with Crippen LogP contribution in [0.5, 0.6) is 0 Å². The van der Waals surface area contributed by atoms with Crippen LogP contribution >= 0.6 is 0 Å². The van der Waals surface area contributed by atoms with E-state index in [4.69, 9.17) is 0 Å². The largest absolute Gasteiger partial charge is 0.0616 e. The summed E-state index contributed by atoms with van der Waals surface area (Å²) in [5, 5.41) is 5.56. The molecule has 6 rings (SSSR count). The van der Waals surface area contributed by atoms with E-state index >= 15 is 0 Å². The van der Waals surface area contributed by atoms with Crippen LogP contribution in [0.2, 0.25) is 0 Å². The van der Waals surface area contributed by atoms with Gasteiger partial charge in [-0.1, -0.05) is 86.6 Å². The molecule has 4 aromatic rings. The highest BCUT2D eigenvalue weighted by molar-refractivity contribution is 6.10. The number of rotatable bonds is 0. The first-order valence-corrected chi connectivity index (χ1v) is 10.5. The predicted molar refractivity (Wildman–Crippen MR) is 120 cm³/mol. The minimum atomic E-state index is 0.572. The average molecular weight is 361 g/mol. The van der Waals surface area contributed by atoms with Crippen LogP contribution in [-0.2, 0) is 12.8 Å². The lowest BCUT2D eigenvalue weighted by atomic mass is 9.85. The number of fused-ring (bicyclic) bond motifs is 6. The SMILES string of the molecule is C[C@H]1Cc2ccc3ccccc3c2/C1=C1/c2c(ccc3ccccc23)C[C@@H]1C. The summed E-state index contributed by atoms with van der Waals surface area (Å²) in [5.74, 6) is 1.14. The van der Waals surface area contributed by atoms with Crippen molar-refractivity contribution in [3.8, 4) is 0 Å². The fourth-order valence-electron chi connectivity index (χ4n) is 5.77.